The molecule has 0 saturated carbocycles. The molecule has 1 amide bonds. The van der Waals surface area contributed by atoms with Crippen LogP contribution in [-0.4, -0.2) is 29.3 Å². The lowest BCUT2D eigenvalue weighted by atomic mass is 10.2. The number of benzene rings is 2. The highest BCUT2D eigenvalue weighted by atomic mass is 35.5. The number of hydrogen-bond acceptors (Lipinski definition) is 4. The SMILES string of the molecule is CCOC(=O)c1cccc(-n2c(C)cc(/C=N\NC(=O)c3ccc(Cl)cc3)c2C)c1. The van der Waals surface area contributed by atoms with Gasteiger partial charge < -0.3 is 9.30 Å². The van der Waals surface area contributed by atoms with E-state index in [1.54, 1.807) is 49.5 Å². The number of carbonyl (C=O) groups excluding carboxylic acids is 2. The number of rotatable bonds is 6. The molecule has 0 spiro atoms. The van der Waals surface area contributed by atoms with Crippen molar-refractivity contribution in [3.05, 3.63) is 87.7 Å². The maximum atomic E-state index is 12.2. The summed E-state index contributed by atoms with van der Waals surface area (Å²) in [5.41, 5.74) is 7.08. The van der Waals surface area contributed by atoms with E-state index >= 15 is 0 Å². The quantitative estimate of drug-likeness (QED) is 0.355. The molecule has 154 valence electrons. The van der Waals surface area contributed by atoms with E-state index in [1.165, 1.54) is 0 Å². The average Bonchev–Trinajstić information content (AvgIpc) is 3.02. The Hall–Kier alpha value is -3.38. The van der Waals surface area contributed by atoms with E-state index in [4.69, 9.17) is 16.3 Å². The predicted octanol–water partition coefficient (Wildman–Crippen LogP) is 4.69. The smallest absolute Gasteiger partial charge is 0.338 e. The largest absolute Gasteiger partial charge is 0.462 e. The first-order valence-corrected chi connectivity index (χ1v) is 9.84. The van der Waals surface area contributed by atoms with Gasteiger partial charge in [-0.1, -0.05) is 17.7 Å². The summed E-state index contributed by atoms with van der Waals surface area (Å²) in [7, 11) is 0. The zero-order chi connectivity index (χ0) is 21.7. The van der Waals surface area contributed by atoms with E-state index in [9.17, 15) is 9.59 Å². The maximum Gasteiger partial charge on any atom is 0.338 e. The van der Waals surface area contributed by atoms with Gasteiger partial charge in [-0.25, -0.2) is 10.2 Å². The average molecular weight is 424 g/mol. The number of ether oxygens (including phenoxy) is 1. The van der Waals surface area contributed by atoms with Gasteiger partial charge in [0, 0.05) is 33.2 Å². The van der Waals surface area contributed by atoms with Gasteiger partial charge in [0.05, 0.1) is 18.4 Å². The van der Waals surface area contributed by atoms with E-state index in [0.717, 1.165) is 22.6 Å². The van der Waals surface area contributed by atoms with Gasteiger partial charge in [-0.3, -0.25) is 4.79 Å². The van der Waals surface area contributed by atoms with Crippen LogP contribution in [0.4, 0.5) is 0 Å². The molecule has 1 heterocycles. The molecule has 0 fully saturated rings. The number of halogens is 1. The van der Waals surface area contributed by atoms with E-state index in [-0.39, 0.29) is 11.9 Å². The van der Waals surface area contributed by atoms with Crippen LogP contribution in [-0.2, 0) is 4.74 Å². The van der Waals surface area contributed by atoms with Crippen molar-refractivity contribution in [3.63, 3.8) is 0 Å². The summed E-state index contributed by atoms with van der Waals surface area (Å²) in [6, 6.07) is 15.8. The zero-order valence-electron chi connectivity index (χ0n) is 17.0. The summed E-state index contributed by atoms with van der Waals surface area (Å²) in [5.74, 6) is -0.674. The second-order valence-corrected chi connectivity index (χ2v) is 7.08. The second kappa shape index (κ2) is 9.41. The normalized spacial score (nSPS) is 10.9. The number of aryl methyl sites for hydroxylation is 1. The molecule has 1 aromatic heterocycles. The Labute approximate surface area is 180 Å². The van der Waals surface area contributed by atoms with Crippen molar-refractivity contribution < 1.29 is 14.3 Å². The van der Waals surface area contributed by atoms with Gasteiger partial charge in [-0.05, 0) is 69.3 Å². The Kier molecular flexibility index (Phi) is 6.69. The molecule has 0 unspecified atom stereocenters. The van der Waals surface area contributed by atoms with Crippen molar-refractivity contribution in [1.29, 1.82) is 0 Å². The first kappa shape index (κ1) is 21.3. The van der Waals surface area contributed by atoms with Gasteiger partial charge in [0.2, 0.25) is 0 Å². The minimum absolute atomic E-state index is 0.320. The zero-order valence-corrected chi connectivity index (χ0v) is 17.7. The molecular weight excluding hydrogens is 402 g/mol. The lowest BCUT2D eigenvalue weighted by molar-refractivity contribution is 0.0526. The molecule has 0 atom stereocenters. The number of amides is 1. The van der Waals surface area contributed by atoms with Crippen LogP contribution >= 0.6 is 11.6 Å². The first-order chi connectivity index (χ1) is 14.4. The van der Waals surface area contributed by atoms with Crippen LogP contribution in [0.1, 0.15) is 44.6 Å². The van der Waals surface area contributed by atoms with Crippen molar-refractivity contribution in [2.24, 2.45) is 5.10 Å². The van der Waals surface area contributed by atoms with Crippen molar-refractivity contribution in [2.75, 3.05) is 6.61 Å². The topological polar surface area (TPSA) is 72.7 Å². The third-order valence-corrected chi connectivity index (χ3v) is 4.81. The Balaban J connectivity index is 1.79. The summed E-state index contributed by atoms with van der Waals surface area (Å²) in [6.45, 7) is 6.02. The minimum Gasteiger partial charge on any atom is -0.462 e. The Morgan fingerprint density at radius 1 is 1.10 bits per heavy atom. The third-order valence-electron chi connectivity index (χ3n) is 4.56. The van der Waals surface area contributed by atoms with Crippen molar-refractivity contribution in [1.82, 2.24) is 9.99 Å². The summed E-state index contributed by atoms with van der Waals surface area (Å²) in [6.07, 6.45) is 1.60. The van der Waals surface area contributed by atoms with Crippen LogP contribution in [0.2, 0.25) is 5.02 Å². The molecule has 0 aliphatic rings. The Morgan fingerprint density at radius 2 is 1.83 bits per heavy atom. The lowest BCUT2D eigenvalue weighted by Crippen LogP contribution is -2.17. The molecule has 0 radical (unpaired) electrons. The fourth-order valence-corrected chi connectivity index (χ4v) is 3.25. The van der Waals surface area contributed by atoms with Gasteiger partial charge in [0.25, 0.3) is 5.91 Å². The number of hydrazone groups is 1. The predicted molar refractivity (Wildman–Crippen MR) is 118 cm³/mol. The fraction of sp³-hybridized carbons (Fsp3) is 0.174. The molecule has 1 N–H and O–H groups in total. The van der Waals surface area contributed by atoms with E-state index in [0.29, 0.717) is 22.8 Å². The first-order valence-electron chi connectivity index (χ1n) is 9.46. The number of aromatic nitrogens is 1. The highest BCUT2D eigenvalue weighted by molar-refractivity contribution is 6.30. The summed E-state index contributed by atoms with van der Waals surface area (Å²) >= 11 is 5.84. The Bertz CT molecular complexity index is 1100. The van der Waals surface area contributed by atoms with Crippen LogP contribution < -0.4 is 5.43 Å². The summed E-state index contributed by atoms with van der Waals surface area (Å²) in [5, 5.41) is 4.64. The lowest BCUT2D eigenvalue weighted by Gasteiger charge is -2.11. The van der Waals surface area contributed by atoms with Gasteiger partial charge in [0.15, 0.2) is 0 Å². The molecule has 0 saturated heterocycles. The van der Waals surface area contributed by atoms with Crippen LogP contribution in [0.3, 0.4) is 0 Å². The molecule has 6 nitrogen and oxygen atoms in total. The van der Waals surface area contributed by atoms with Gasteiger partial charge in [-0.15, -0.1) is 0 Å². The van der Waals surface area contributed by atoms with Gasteiger partial charge in [-0.2, -0.15) is 5.10 Å². The highest BCUT2D eigenvalue weighted by Gasteiger charge is 2.13. The van der Waals surface area contributed by atoms with E-state index in [2.05, 4.69) is 10.5 Å². The second-order valence-electron chi connectivity index (χ2n) is 6.64. The monoisotopic (exact) mass is 423 g/mol. The van der Waals surface area contributed by atoms with Gasteiger partial charge >= 0.3 is 5.97 Å². The number of esters is 1. The highest BCUT2D eigenvalue weighted by Crippen LogP contribution is 2.21. The van der Waals surface area contributed by atoms with Crippen LogP contribution in [0.25, 0.3) is 5.69 Å². The van der Waals surface area contributed by atoms with Crippen LogP contribution in [0, 0.1) is 13.8 Å². The molecule has 0 aliphatic heterocycles. The molecule has 0 bridgehead atoms. The van der Waals surface area contributed by atoms with Crippen molar-refractivity contribution >= 4 is 29.7 Å². The standard InChI is InChI=1S/C23H22ClN3O3/c1-4-30-23(29)18-6-5-7-21(13-18)27-15(2)12-19(16(27)3)14-25-26-22(28)17-8-10-20(24)11-9-17/h5-14H,4H2,1-3H3,(H,26,28)/b25-14-. The van der Waals surface area contributed by atoms with Gasteiger partial charge in [0.1, 0.15) is 0 Å². The Morgan fingerprint density at radius 3 is 2.53 bits per heavy atom. The van der Waals surface area contributed by atoms with Crippen LogP contribution in [0.15, 0.2) is 59.7 Å². The van der Waals surface area contributed by atoms with Crippen LogP contribution in [0.5, 0.6) is 0 Å². The number of nitrogens with one attached hydrogen (secondary N) is 1. The van der Waals surface area contributed by atoms with E-state index < -0.39 is 0 Å². The molecule has 3 rings (SSSR count). The molecular formula is C23H22ClN3O3. The third kappa shape index (κ3) is 4.78. The van der Waals surface area contributed by atoms with Crippen molar-refractivity contribution in [3.8, 4) is 5.69 Å². The molecule has 30 heavy (non-hydrogen) atoms. The number of carbonyl (C=O) groups is 2. The molecule has 0 aliphatic carbocycles. The fourth-order valence-electron chi connectivity index (χ4n) is 3.13. The maximum absolute atomic E-state index is 12.2. The molecule has 2 aromatic carbocycles. The molecule has 7 heteroatoms. The minimum atomic E-state index is -0.353. The van der Waals surface area contributed by atoms with Crippen molar-refractivity contribution in [2.45, 2.75) is 20.8 Å². The number of hydrogen-bond donors (Lipinski definition) is 1. The van der Waals surface area contributed by atoms with E-state index in [1.807, 2.05) is 36.6 Å². The summed E-state index contributed by atoms with van der Waals surface area (Å²) < 4.78 is 7.11. The summed E-state index contributed by atoms with van der Waals surface area (Å²) in [4.78, 5) is 24.2. The molecule has 3 aromatic rings. The number of nitrogens with zero attached hydrogens (tertiary/aromatic N) is 2.